The number of urea groups is 1. The number of carbonyl (C=O) groups excluding carboxylic acids is 1. The van der Waals surface area contributed by atoms with Crippen molar-refractivity contribution in [2.45, 2.75) is 19.0 Å². The van der Waals surface area contributed by atoms with E-state index < -0.39 is 17.8 Å². The summed E-state index contributed by atoms with van der Waals surface area (Å²) in [6.45, 7) is 2.37. The molecular weight excluding hydrogens is 357 g/mol. The van der Waals surface area contributed by atoms with Gasteiger partial charge >= 0.3 is 12.2 Å². The van der Waals surface area contributed by atoms with E-state index >= 15 is 0 Å². The molecule has 1 fully saturated rings. The predicted molar refractivity (Wildman–Crippen MR) is 97.6 cm³/mol. The first-order valence-corrected chi connectivity index (χ1v) is 8.79. The fourth-order valence-corrected chi connectivity index (χ4v) is 3.11. The molecule has 0 unspecified atom stereocenters. The summed E-state index contributed by atoms with van der Waals surface area (Å²) >= 11 is 0. The number of nitrogens with one attached hydrogen (secondary N) is 2. The Balaban J connectivity index is 1.41. The highest BCUT2D eigenvalue weighted by Crippen LogP contribution is 2.29. The largest absolute Gasteiger partial charge is 0.416 e. The molecule has 0 bridgehead atoms. The molecule has 144 valence electrons. The van der Waals surface area contributed by atoms with Crippen LogP contribution in [-0.2, 0) is 6.18 Å². The van der Waals surface area contributed by atoms with Gasteiger partial charge in [-0.3, -0.25) is 4.98 Å². The van der Waals surface area contributed by atoms with E-state index in [0.717, 1.165) is 43.8 Å². The van der Waals surface area contributed by atoms with Crippen molar-refractivity contribution in [1.29, 1.82) is 0 Å². The molecule has 8 heteroatoms. The van der Waals surface area contributed by atoms with Crippen LogP contribution in [0.1, 0.15) is 18.4 Å². The number of nitrogens with zero attached hydrogens (tertiary/aromatic N) is 2. The van der Waals surface area contributed by atoms with E-state index in [1.165, 1.54) is 12.1 Å². The molecule has 5 nitrogen and oxygen atoms in total. The molecule has 0 saturated carbocycles. The lowest BCUT2D eigenvalue weighted by atomic mass is 9.96. The van der Waals surface area contributed by atoms with Crippen LogP contribution in [0.4, 0.5) is 29.3 Å². The summed E-state index contributed by atoms with van der Waals surface area (Å²) < 4.78 is 37.6. The van der Waals surface area contributed by atoms with Gasteiger partial charge in [-0.05, 0) is 55.2 Å². The molecule has 0 spiro atoms. The van der Waals surface area contributed by atoms with Crippen LogP contribution in [0.5, 0.6) is 0 Å². The number of amides is 2. The third-order valence-electron chi connectivity index (χ3n) is 4.66. The quantitative estimate of drug-likeness (QED) is 0.841. The van der Waals surface area contributed by atoms with Crippen molar-refractivity contribution >= 4 is 17.4 Å². The lowest BCUT2D eigenvalue weighted by molar-refractivity contribution is -0.137. The van der Waals surface area contributed by atoms with E-state index in [1.807, 2.05) is 12.1 Å². The van der Waals surface area contributed by atoms with Gasteiger partial charge in [0.25, 0.3) is 0 Å². The van der Waals surface area contributed by atoms with Crippen LogP contribution in [0.2, 0.25) is 0 Å². The van der Waals surface area contributed by atoms with Gasteiger partial charge in [-0.2, -0.15) is 13.2 Å². The number of benzene rings is 1. The number of hydrogen-bond acceptors (Lipinski definition) is 3. The van der Waals surface area contributed by atoms with Gasteiger partial charge in [-0.15, -0.1) is 0 Å². The number of halogens is 3. The number of anilines is 2. The Morgan fingerprint density at radius 1 is 1.07 bits per heavy atom. The number of alkyl halides is 3. The second-order valence-corrected chi connectivity index (χ2v) is 6.55. The number of carbonyl (C=O) groups is 1. The number of pyridine rings is 1. The Morgan fingerprint density at radius 3 is 2.30 bits per heavy atom. The maximum atomic E-state index is 12.5. The van der Waals surface area contributed by atoms with E-state index in [9.17, 15) is 18.0 Å². The lowest BCUT2D eigenvalue weighted by Crippen LogP contribution is -2.39. The summed E-state index contributed by atoms with van der Waals surface area (Å²) in [6, 6.07) is 7.94. The summed E-state index contributed by atoms with van der Waals surface area (Å²) in [4.78, 5) is 18.3. The normalized spacial score (nSPS) is 15.4. The average Bonchev–Trinajstić information content (AvgIpc) is 2.67. The first-order valence-electron chi connectivity index (χ1n) is 8.79. The van der Waals surface area contributed by atoms with Gasteiger partial charge in [0.2, 0.25) is 0 Å². The summed E-state index contributed by atoms with van der Waals surface area (Å²) in [5.74, 6) is 0.376. The molecule has 1 saturated heterocycles. The smallest absolute Gasteiger partial charge is 0.371 e. The number of hydrogen-bond donors (Lipinski definition) is 2. The van der Waals surface area contributed by atoms with Crippen molar-refractivity contribution in [2.75, 3.05) is 29.9 Å². The van der Waals surface area contributed by atoms with Crippen LogP contribution in [0, 0.1) is 5.92 Å². The Kier molecular flexibility index (Phi) is 5.83. The number of piperidine rings is 1. The zero-order valence-electron chi connectivity index (χ0n) is 14.7. The monoisotopic (exact) mass is 378 g/mol. The Hall–Kier alpha value is -2.77. The predicted octanol–water partition coefficient (Wildman–Crippen LogP) is 4.14. The molecule has 0 aliphatic carbocycles. The molecule has 0 atom stereocenters. The molecule has 2 heterocycles. The number of rotatable bonds is 4. The third-order valence-corrected chi connectivity index (χ3v) is 4.66. The van der Waals surface area contributed by atoms with Gasteiger partial charge in [0.1, 0.15) is 0 Å². The Morgan fingerprint density at radius 2 is 1.70 bits per heavy atom. The summed E-state index contributed by atoms with van der Waals surface area (Å²) in [5.41, 5.74) is 0.735. The van der Waals surface area contributed by atoms with Crippen molar-refractivity contribution < 1.29 is 18.0 Å². The van der Waals surface area contributed by atoms with E-state index in [-0.39, 0.29) is 0 Å². The summed E-state index contributed by atoms with van der Waals surface area (Å²) in [6.07, 6.45) is 1.08. The van der Waals surface area contributed by atoms with Crippen molar-refractivity contribution in [3.8, 4) is 0 Å². The van der Waals surface area contributed by atoms with Crippen molar-refractivity contribution in [3.05, 3.63) is 54.4 Å². The van der Waals surface area contributed by atoms with Crippen LogP contribution >= 0.6 is 0 Å². The minimum atomic E-state index is -4.38. The van der Waals surface area contributed by atoms with Gasteiger partial charge in [-0.1, -0.05) is 0 Å². The van der Waals surface area contributed by atoms with E-state index in [4.69, 9.17) is 0 Å². The zero-order valence-corrected chi connectivity index (χ0v) is 14.7. The first-order chi connectivity index (χ1) is 12.9. The zero-order chi connectivity index (χ0) is 19.3. The fourth-order valence-electron chi connectivity index (χ4n) is 3.11. The van der Waals surface area contributed by atoms with E-state index in [0.29, 0.717) is 18.2 Å². The molecular formula is C19H21F3N4O. The van der Waals surface area contributed by atoms with Gasteiger partial charge in [0.05, 0.1) is 5.56 Å². The molecule has 3 rings (SSSR count). The second-order valence-electron chi connectivity index (χ2n) is 6.55. The minimum absolute atomic E-state index is 0.327. The molecule has 1 aliphatic heterocycles. The van der Waals surface area contributed by atoms with Crippen LogP contribution in [0.3, 0.4) is 0 Å². The fraction of sp³-hybridized carbons (Fsp3) is 0.368. The maximum Gasteiger partial charge on any atom is 0.416 e. The van der Waals surface area contributed by atoms with Crippen molar-refractivity contribution in [2.24, 2.45) is 5.92 Å². The van der Waals surface area contributed by atoms with Gasteiger partial charge < -0.3 is 15.5 Å². The van der Waals surface area contributed by atoms with E-state index in [2.05, 4.69) is 20.5 Å². The van der Waals surface area contributed by atoms with Gasteiger partial charge in [0.15, 0.2) is 0 Å². The van der Waals surface area contributed by atoms with Crippen molar-refractivity contribution in [1.82, 2.24) is 10.3 Å². The highest BCUT2D eigenvalue weighted by atomic mass is 19.4. The lowest BCUT2D eigenvalue weighted by Gasteiger charge is -2.33. The average molecular weight is 378 g/mol. The summed E-state index contributed by atoms with van der Waals surface area (Å²) in [5, 5.41) is 5.36. The van der Waals surface area contributed by atoms with Crippen LogP contribution in [0.15, 0.2) is 48.8 Å². The third kappa shape index (κ3) is 5.35. The maximum absolute atomic E-state index is 12.5. The molecule has 1 aromatic heterocycles. The molecule has 0 radical (unpaired) electrons. The van der Waals surface area contributed by atoms with Crippen LogP contribution in [-0.4, -0.2) is 30.6 Å². The second kappa shape index (κ2) is 8.28. The topological polar surface area (TPSA) is 57.3 Å². The molecule has 2 N–H and O–H groups in total. The first kappa shape index (κ1) is 19.0. The molecule has 2 aromatic rings. The van der Waals surface area contributed by atoms with Gasteiger partial charge in [0, 0.05) is 43.4 Å². The number of aromatic nitrogens is 1. The minimum Gasteiger partial charge on any atom is -0.371 e. The Labute approximate surface area is 155 Å². The standard InChI is InChI=1S/C19H21F3N4O/c20-19(21,22)15-1-3-16(4-2-15)25-18(27)24-13-14-7-11-26(12-8-14)17-5-9-23-10-6-17/h1-6,9-10,14H,7-8,11-13H2,(H2,24,25,27). The highest BCUT2D eigenvalue weighted by Gasteiger charge is 2.30. The molecule has 1 aliphatic rings. The highest BCUT2D eigenvalue weighted by molar-refractivity contribution is 5.89. The summed E-state index contributed by atoms with van der Waals surface area (Å²) in [7, 11) is 0. The van der Waals surface area contributed by atoms with Crippen LogP contribution in [0.25, 0.3) is 0 Å². The van der Waals surface area contributed by atoms with Gasteiger partial charge in [-0.25, -0.2) is 4.79 Å². The molecule has 1 aromatic carbocycles. The van der Waals surface area contributed by atoms with Crippen molar-refractivity contribution in [3.63, 3.8) is 0 Å². The molecule has 2 amide bonds. The SMILES string of the molecule is O=C(NCC1CCN(c2ccncc2)CC1)Nc1ccc(C(F)(F)F)cc1. The van der Waals surface area contributed by atoms with E-state index in [1.54, 1.807) is 12.4 Å². The molecule has 27 heavy (non-hydrogen) atoms. The Bertz CT molecular complexity index is 742. The van der Waals surface area contributed by atoms with Crippen LogP contribution < -0.4 is 15.5 Å².